The Morgan fingerprint density at radius 3 is 2.71 bits per heavy atom. The predicted molar refractivity (Wildman–Crippen MR) is 96.1 cm³/mol. The van der Waals surface area contributed by atoms with Crippen molar-refractivity contribution in [3.05, 3.63) is 24.3 Å². The number of rotatable bonds is 3. The van der Waals surface area contributed by atoms with Crippen LogP contribution in [0.2, 0.25) is 0 Å². The second-order valence-electron chi connectivity index (χ2n) is 7.09. The highest BCUT2D eigenvalue weighted by Crippen LogP contribution is 2.31. The van der Waals surface area contributed by atoms with Crippen LogP contribution < -0.4 is 10.2 Å². The molecule has 3 rings (SSSR count). The first-order chi connectivity index (χ1) is 11.6. The Hall–Kier alpha value is -1.88. The van der Waals surface area contributed by atoms with Crippen LogP contribution in [0.3, 0.4) is 0 Å². The molecule has 1 saturated carbocycles. The number of para-hydroxylation sites is 2. The van der Waals surface area contributed by atoms with Crippen LogP contribution in [0.5, 0.6) is 0 Å². The van der Waals surface area contributed by atoms with E-state index in [1.807, 2.05) is 38.2 Å². The third-order valence-corrected chi connectivity index (χ3v) is 5.21. The highest BCUT2D eigenvalue weighted by Gasteiger charge is 2.31. The molecule has 1 fully saturated rings. The number of likely N-dealkylation sites (N-methyl/N-ethyl adjacent to an activating group) is 1. The Morgan fingerprint density at radius 1 is 1.25 bits per heavy atom. The average Bonchev–Trinajstić information content (AvgIpc) is 2.69. The summed E-state index contributed by atoms with van der Waals surface area (Å²) in [7, 11) is 2.05. The van der Waals surface area contributed by atoms with Gasteiger partial charge in [0.2, 0.25) is 11.8 Å². The van der Waals surface area contributed by atoms with Crippen molar-refractivity contribution in [2.45, 2.75) is 57.5 Å². The summed E-state index contributed by atoms with van der Waals surface area (Å²) in [6.07, 6.45) is 6.50. The van der Waals surface area contributed by atoms with Gasteiger partial charge in [-0.15, -0.1) is 0 Å². The van der Waals surface area contributed by atoms with Crippen LogP contribution in [0.25, 0.3) is 0 Å². The van der Waals surface area contributed by atoms with Crippen molar-refractivity contribution in [3.8, 4) is 0 Å². The summed E-state index contributed by atoms with van der Waals surface area (Å²) in [6.45, 7) is 2.34. The van der Waals surface area contributed by atoms with Crippen LogP contribution >= 0.6 is 0 Å². The summed E-state index contributed by atoms with van der Waals surface area (Å²) in [5.41, 5.74) is 1.53. The molecule has 1 N–H and O–H groups in total. The van der Waals surface area contributed by atoms with Gasteiger partial charge in [0, 0.05) is 18.5 Å². The number of hydrogen-bond acceptors (Lipinski definition) is 3. The van der Waals surface area contributed by atoms with Gasteiger partial charge in [0.15, 0.2) is 0 Å². The highest BCUT2D eigenvalue weighted by atomic mass is 16.2. The summed E-state index contributed by atoms with van der Waals surface area (Å²) in [5, 5.41) is 2.91. The fraction of sp³-hybridized carbons (Fsp3) is 0.579. The van der Waals surface area contributed by atoms with Gasteiger partial charge >= 0.3 is 0 Å². The molecule has 0 unspecified atom stereocenters. The predicted octanol–water partition coefficient (Wildman–Crippen LogP) is 3.01. The third-order valence-electron chi connectivity index (χ3n) is 5.21. The minimum atomic E-state index is -0.138. The van der Waals surface area contributed by atoms with Crippen molar-refractivity contribution in [3.63, 3.8) is 0 Å². The maximum Gasteiger partial charge on any atom is 0.241 e. The lowest BCUT2D eigenvalue weighted by Gasteiger charge is -2.34. The number of nitrogens with one attached hydrogen (secondary N) is 1. The van der Waals surface area contributed by atoms with E-state index < -0.39 is 0 Å². The molecule has 1 atom stereocenters. The molecule has 1 aliphatic heterocycles. The maximum absolute atomic E-state index is 13.0. The first-order valence-corrected chi connectivity index (χ1v) is 8.97. The number of nitrogens with zero attached hydrogens (tertiary/aromatic N) is 2. The summed E-state index contributed by atoms with van der Waals surface area (Å²) in [4.78, 5) is 29.1. The highest BCUT2D eigenvalue weighted by molar-refractivity contribution is 6.04. The molecule has 130 valence electrons. The van der Waals surface area contributed by atoms with E-state index in [4.69, 9.17) is 0 Å². The fourth-order valence-electron chi connectivity index (χ4n) is 3.91. The van der Waals surface area contributed by atoms with E-state index in [2.05, 4.69) is 10.2 Å². The fourth-order valence-corrected chi connectivity index (χ4v) is 3.91. The number of hydrogen-bond donors (Lipinski definition) is 1. The van der Waals surface area contributed by atoms with Crippen molar-refractivity contribution in [1.82, 2.24) is 4.90 Å². The van der Waals surface area contributed by atoms with E-state index >= 15 is 0 Å². The molecule has 5 nitrogen and oxygen atoms in total. The van der Waals surface area contributed by atoms with Gasteiger partial charge in [-0.3, -0.25) is 14.5 Å². The number of fused-ring (bicyclic) bond motifs is 1. The first-order valence-electron chi connectivity index (χ1n) is 8.97. The van der Waals surface area contributed by atoms with E-state index in [0.29, 0.717) is 19.0 Å². The summed E-state index contributed by atoms with van der Waals surface area (Å²) in [6, 6.07) is 7.92. The molecule has 24 heavy (non-hydrogen) atoms. The monoisotopic (exact) mass is 329 g/mol. The van der Waals surface area contributed by atoms with Crippen molar-refractivity contribution in [2.24, 2.45) is 0 Å². The molecule has 1 heterocycles. The summed E-state index contributed by atoms with van der Waals surface area (Å²) >= 11 is 0. The standard InChI is InChI=1S/C19H27N3O2/c1-14-12-18(23)20-16-10-6-7-11-17(16)22(14)19(24)13-21(2)15-8-4-3-5-9-15/h6-7,10-11,14-15H,3-5,8-9,12-13H2,1-2H3,(H,20,23)/t14-/m1/s1. The zero-order chi connectivity index (χ0) is 17.1. The molecule has 0 radical (unpaired) electrons. The second-order valence-corrected chi connectivity index (χ2v) is 7.09. The normalized spacial score (nSPS) is 22.0. The van der Waals surface area contributed by atoms with Crippen LogP contribution in [0.15, 0.2) is 24.3 Å². The minimum Gasteiger partial charge on any atom is -0.324 e. The van der Waals surface area contributed by atoms with E-state index in [0.717, 1.165) is 11.4 Å². The first kappa shape index (κ1) is 17.0. The van der Waals surface area contributed by atoms with E-state index in [1.54, 1.807) is 4.90 Å². The second kappa shape index (κ2) is 7.34. The van der Waals surface area contributed by atoms with Gasteiger partial charge < -0.3 is 10.2 Å². The molecule has 2 amide bonds. The van der Waals surface area contributed by atoms with Gasteiger partial charge in [-0.2, -0.15) is 0 Å². The van der Waals surface area contributed by atoms with Crippen LogP contribution in [0, 0.1) is 0 Å². The van der Waals surface area contributed by atoms with E-state index in [1.165, 1.54) is 32.1 Å². The Kier molecular flexibility index (Phi) is 5.19. The molecule has 1 aromatic carbocycles. The summed E-state index contributed by atoms with van der Waals surface area (Å²) in [5.74, 6) is 0.0328. The Labute approximate surface area is 144 Å². The van der Waals surface area contributed by atoms with E-state index in [9.17, 15) is 9.59 Å². The molecule has 2 aliphatic rings. The molecule has 1 aromatic rings. The van der Waals surface area contributed by atoms with Gasteiger partial charge in [-0.1, -0.05) is 31.4 Å². The quantitative estimate of drug-likeness (QED) is 0.927. The molecular formula is C19H27N3O2. The largest absolute Gasteiger partial charge is 0.324 e. The lowest BCUT2D eigenvalue weighted by Crippen LogP contribution is -2.46. The van der Waals surface area contributed by atoms with Crippen LogP contribution in [-0.2, 0) is 9.59 Å². The van der Waals surface area contributed by atoms with Gasteiger partial charge in [-0.25, -0.2) is 0 Å². The topological polar surface area (TPSA) is 52.7 Å². The SMILES string of the molecule is C[C@@H]1CC(=O)Nc2ccccc2N1C(=O)CN(C)C1CCCCC1. The van der Waals surface area contributed by atoms with Gasteiger partial charge in [0.05, 0.1) is 17.9 Å². The number of carbonyl (C=O) groups excluding carboxylic acids is 2. The number of carbonyl (C=O) groups is 2. The Bertz CT molecular complexity index is 610. The smallest absolute Gasteiger partial charge is 0.241 e. The Balaban J connectivity index is 1.78. The van der Waals surface area contributed by atoms with Crippen LogP contribution in [-0.4, -0.2) is 42.4 Å². The number of anilines is 2. The lowest BCUT2D eigenvalue weighted by molar-refractivity contribution is -0.120. The van der Waals surface area contributed by atoms with Crippen molar-refractivity contribution in [1.29, 1.82) is 0 Å². The Morgan fingerprint density at radius 2 is 1.96 bits per heavy atom. The summed E-state index contributed by atoms with van der Waals surface area (Å²) < 4.78 is 0. The zero-order valence-corrected chi connectivity index (χ0v) is 14.6. The van der Waals surface area contributed by atoms with Crippen molar-refractivity contribution in [2.75, 3.05) is 23.8 Å². The molecule has 0 aromatic heterocycles. The van der Waals surface area contributed by atoms with Crippen molar-refractivity contribution < 1.29 is 9.59 Å². The third kappa shape index (κ3) is 3.61. The van der Waals surface area contributed by atoms with Crippen molar-refractivity contribution >= 4 is 23.2 Å². The van der Waals surface area contributed by atoms with Crippen LogP contribution in [0.1, 0.15) is 45.4 Å². The molecule has 5 heteroatoms. The lowest BCUT2D eigenvalue weighted by atomic mass is 9.94. The maximum atomic E-state index is 13.0. The molecule has 0 saturated heterocycles. The van der Waals surface area contributed by atoms with Gasteiger partial charge in [-0.05, 0) is 38.9 Å². The van der Waals surface area contributed by atoms with Gasteiger partial charge in [0.25, 0.3) is 0 Å². The van der Waals surface area contributed by atoms with Crippen LogP contribution in [0.4, 0.5) is 11.4 Å². The average molecular weight is 329 g/mol. The molecule has 1 aliphatic carbocycles. The minimum absolute atomic E-state index is 0.0362. The zero-order valence-electron chi connectivity index (χ0n) is 14.6. The molecule has 0 bridgehead atoms. The number of amides is 2. The molecular weight excluding hydrogens is 302 g/mol. The molecule has 0 spiro atoms. The van der Waals surface area contributed by atoms with E-state index in [-0.39, 0.29) is 17.9 Å². The number of benzene rings is 1. The van der Waals surface area contributed by atoms with Gasteiger partial charge in [0.1, 0.15) is 0 Å².